The lowest BCUT2D eigenvalue weighted by atomic mass is 10.1. The minimum Gasteiger partial charge on any atom is -0.352 e. The van der Waals surface area contributed by atoms with Gasteiger partial charge in [0, 0.05) is 30.7 Å². The molecule has 31 heavy (non-hydrogen) atoms. The van der Waals surface area contributed by atoms with Crippen molar-refractivity contribution in [2.75, 3.05) is 18.4 Å². The van der Waals surface area contributed by atoms with Crippen molar-refractivity contribution in [3.63, 3.8) is 0 Å². The Kier molecular flexibility index (Phi) is 4.78. The van der Waals surface area contributed by atoms with Crippen LogP contribution >= 0.6 is 0 Å². The van der Waals surface area contributed by atoms with Gasteiger partial charge in [-0.1, -0.05) is 18.2 Å². The summed E-state index contributed by atoms with van der Waals surface area (Å²) in [6.07, 6.45) is 2.10. The number of hydrogen-bond acceptors (Lipinski definition) is 7. The van der Waals surface area contributed by atoms with Crippen LogP contribution in [0.15, 0.2) is 33.9 Å². The summed E-state index contributed by atoms with van der Waals surface area (Å²) in [6.45, 7) is 3.72. The van der Waals surface area contributed by atoms with E-state index in [-0.39, 0.29) is 18.1 Å². The van der Waals surface area contributed by atoms with E-state index >= 15 is 0 Å². The standard InChI is InChI=1S/C21H24N8O2/c1-12-14-7-3-4-8-15(14)25-16(23-12)11-29-19(30)17-18(28(2)21(29)31)27-20(26-17)24-13-6-5-9-22-10-13/h3-4,7-8,13,22H,5-6,9-11H2,1-2H3,(H2,24,26,27). The van der Waals surface area contributed by atoms with E-state index in [9.17, 15) is 9.59 Å². The van der Waals surface area contributed by atoms with Gasteiger partial charge in [-0.3, -0.25) is 13.9 Å². The topological polar surface area (TPSA) is 123 Å². The zero-order chi connectivity index (χ0) is 21.5. The lowest BCUT2D eigenvalue weighted by molar-refractivity contribution is 0.478. The third-order valence-corrected chi connectivity index (χ3v) is 5.76. The van der Waals surface area contributed by atoms with Crippen molar-refractivity contribution in [2.45, 2.75) is 32.4 Å². The molecule has 1 aromatic carbocycles. The lowest BCUT2D eigenvalue weighted by Crippen LogP contribution is -2.39. The van der Waals surface area contributed by atoms with Crippen LogP contribution in [-0.2, 0) is 13.6 Å². The van der Waals surface area contributed by atoms with Gasteiger partial charge in [-0.05, 0) is 32.4 Å². The van der Waals surface area contributed by atoms with E-state index in [1.54, 1.807) is 7.05 Å². The van der Waals surface area contributed by atoms with E-state index in [4.69, 9.17) is 0 Å². The van der Waals surface area contributed by atoms with Gasteiger partial charge < -0.3 is 15.6 Å². The van der Waals surface area contributed by atoms with Crippen LogP contribution in [0.3, 0.4) is 0 Å². The molecule has 4 aromatic rings. The van der Waals surface area contributed by atoms with Gasteiger partial charge in [0.1, 0.15) is 5.82 Å². The summed E-state index contributed by atoms with van der Waals surface area (Å²) in [5.41, 5.74) is 1.31. The largest absolute Gasteiger partial charge is 0.352 e. The van der Waals surface area contributed by atoms with Crippen LogP contribution in [0.4, 0.5) is 5.95 Å². The highest BCUT2D eigenvalue weighted by atomic mass is 16.2. The highest BCUT2D eigenvalue weighted by molar-refractivity contribution is 5.80. The van der Waals surface area contributed by atoms with E-state index in [0.29, 0.717) is 17.4 Å². The Morgan fingerprint density at radius 2 is 2.03 bits per heavy atom. The molecule has 3 N–H and O–H groups in total. The fraction of sp³-hybridized carbons (Fsp3) is 0.381. The zero-order valence-electron chi connectivity index (χ0n) is 17.5. The highest BCUT2D eigenvalue weighted by Crippen LogP contribution is 2.15. The minimum absolute atomic E-state index is 0.0125. The van der Waals surface area contributed by atoms with E-state index in [1.165, 1.54) is 4.57 Å². The van der Waals surface area contributed by atoms with Gasteiger partial charge in [-0.2, -0.15) is 4.98 Å². The number of aryl methyl sites for hydroxylation is 2. The third-order valence-electron chi connectivity index (χ3n) is 5.76. The van der Waals surface area contributed by atoms with Crippen LogP contribution in [0.25, 0.3) is 22.1 Å². The summed E-state index contributed by atoms with van der Waals surface area (Å²) in [5, 5.41) is 7.61. The second-order valence-corrected chi connectivity index (χ2v) is 7.95. The van der Waals surface area contributed by atoms with Crippen molar-refractivity contribution in [3.8, 4) is 0 Å². The van der Waals surface area contributed by atoms with Crippen molar-refractivity contribution in [1.29, 1.82) is 0 Å². The number of H-pyrrole nitrogens is 1. The van der Waals surface area contributed by atoms with E-state index in [2.05, 4.69) is 30.6 Å². The van der Waals surface area contributed by atoms with Crippen LogP contribution in [0.5, 0.6) is 0 Å². The molecule has 10 nitrogen and oxygen atoms in total. The van der Waals surface area contributed by atoms with Crippen LogP contribution < -0.4 is 21.9 Å². The zero-order valence-corrected chi connectivity index (χ0v) is 17.5. The summed E-state index contributed by atoms with van der Waals surface area (Å²) in [6, 6.07) is 7.90. The van der Waals surface area contributed by atoms with Crippen LogP contribution in [0, 0.1) is 6.92 Å². The molecule has 0 aliphatic carbocycles. The smallest absolute Gasteiger partial charge is 0.332 e. The quantitative estimate of drug-likeness (QED) is 0.448. The first-order chi connectivity index (χ1) is 15.0. The van der Waals surface area contributed by atoms with Crippen LogP contribution in [-0.4, -0.2) is 48.2 Å². The lowest BCUT2D eigenvalue weighted by Gasteiger charge is -2.23. The van der Waals surface area contributed by atoms with Gasteiger partial charge in [-0.15, -0.1) is 0 Å². The van der Waals surface area contributed by atoms with Crippen molar-refractivity contribution >= 4 is 28.0 Å². The van der Waals surface area contributed by atoms with E-state index < -0.39 is 11.2 Å². The molecule has 3 aromatic heterocycles. The molecular formula is C21H24N8O2. The molecule has 0 spiro atoms. The number of imidazole rings is 1. The molecule has 1 unspecified atom stereocenters. The van der Waals surface area contributed by atoms with Crippen molar-refractivity contribution in [1.82, 2.24) is 34.4 Å². The summed E-state index contributed by atoms with van der Waals surface area (Å²) >= 11 is 0. The Bertz CT molecular complexity index is 1390. The predicted molar refractivity (Wildman–Crippen MR) is 118 cm³/mol. The SMILES string of the molecule is Cc1nc(Cn2c(=O)c3[nH]c(NC4CCCNC4)nc3n(C)c2=O)nc2ccccc12. The molecule has 1 aliphatic rings. The number of aromatic nitrogens is 6. The van der Waals surface area contributed by atoms with Crippen molar-refractivity contribution < 1.29 is 0 Å². The summed E-state index contributed by atoms with van der Waals surface area (Å²) in [5.74, 6) is 0.909. The first-order valence-electron chi connectivity index (χ1n) is 10.4. The Morgan fingerprint density at radius 1 is 1.19 bits per heavy atom. The Balaban J connectivity index is 1.54. The van der Waals surface area contributed by atoms with Crippen LogP contribution in [0.2, 0.25) is 0 Å². The number of nitrogens with zero attached hydrogens (tertiary/aromatic N) is 5. The molecule has 160 valence electrons. The summed E-state index contributed by atoms with van der Waals surface area (Å²) < 4.78 is 2.53. The molecule has 0 radical (unpaired) electrons. The second kappa shape index (κ2) is 7.62. The number of fused-ring (bicyclic) bond motifs is 2. The van der Waals surface area contributed by atoms with Gasteiger partial charge in [-0.25, -0.2) is 14.8 Å². The number of rotatable bonds is 4. The minimum atomic E-state index is -0.454. The molecule has 5 rings (SSSR count). The highest BCUT2D eigenvalue weighted by Gasteiger charge is 2.19. The molecule has 1 aliphatic heterocycles. The monoisotopic (exact) mass is 420 g/mol. The molecule has 4 heterocycles. The first kappa shape index (κ1) is 19.4. The summed E-state index contributed by atoms with van der Waals surface area (Å²) in [7, 11) is 1.61. The van der Waals surface area contributed by atoms with Crippen LogP contribution in [0.1, 0.15) is 24.4 Å². The number of nitrogens with one attached hydrogen (secondary N) is 3. The van der Waals surface area contributed by atoms with Gasteiger partial charge in [0.25, 0.3) is 5.56 Å². The Labute approximate surface area is 177 Å². The average Bonchev–Trinajstić information content (AvgIpc) is 3.20. The maximum absolute atomic E-state index is 13.1. The second-order valence-electron chi connectivity index (χ2n) is 7.95. The normalized spacial score (nSPS) is 16.8. The molecule has 0 bridgehead atoms. The van der Waals surface area contributed by atoms with E-state index in [0.717, 1.165) is 47.1 Å². The van der Waals surface area contributed by atoms with Gasteiger partial charge in [0.05, 0.1) is 12.1 Å². The molecule has 1 fully saturated rings. The van der Waals surface area contributed by atoms with Gasteiger partial charge in [0.15, 0.2) is 11.2 Å². The van der Waals surface area contributed by atoms with E-state index in [1.807, 2.05) is 31.2 Å². The third kappa shape index (κ3) is 3.48. The molecule has 1 atom stereocenters. The maximum atomic E-state index is 13.1. The first-order valence-corrected chi connectivity index (χ1v) is 10.4. The van der Waals surface area contributed by atoms with Crippen molar-refractivity contribution in [2.24, 2.45) is 7.05 Å². The van der Waals surface area contributed by atoms with Crippen molar-refractivity contribution in [3.05, 3.63) is 56.6 Å². The molecule has 10 heteroatoms. The number of anilines is 1. The van der Waals surface area contributed by atoms with Gasteiger partial charge in [0.2, 0.25) is 5.95 Å². The molecular weight excluding hydrogens is 396 g/mol. The number of piperidine rings is 1. The average molecular weight is 420 g/mol. The Morgan fingerprint density at radius 3 is 2.84 bits per heavy atom. The number of aromatic amines is 1. The molecule has 1 saturated heterocycles. The number of para-hydroxylation sites is 1. The Hall–Kier alpha value is -3.53. The maximum Gasteiger partial charge on any atom is 0.332 e. The molecule has 0 saturated carbocycles. The van der Waals surface area contributed by atoms with Gasteiger partial charge >= 0.3 is 5.69 Å². The number of hydrogen-bond donors (Lipinski definition) is 3. The fourth-order valence-corrected chi connectivity index (χ4v) is 4.13. The predicted octanol–water partition coefficient (Wildman–Crippen LogP) is 0.887. The fourth-order valence-electron chi connectivity index (χ4n) is 4.13. The number of benzene rings is 1. The molecule has 0 amide bonds. The summed E-state index contributed by atoms with van der Waals surface area (Å²) in [4.78, 5) is 42.7.